The van der Waals surface area contributed by atoms with E-state index in [1.807, 2.05) is 12.1 Å². The number of rotatable bonds is 6. The number of aryl methyl sites for hydroxylation is 1. The van der Waals surface area contributed by atoms with Gasteiger partial charge in [-0.1, -0.05) is 25.5 Å². The van der Waals surface area contributed by atoms with E-state index in [-0.39, 0.29) is 12.6 Å². The van der Waals surface area contributed by atoms with Gasteiger partial charge in [-0.25, -0.2) is 8.42 Å². The largest absolute Gasteiger partial charge is 0.396 e. The molecule has 1 aliphatic carbocycles. The molecule has 0 aliphatic heterocycles. The minimum absolute atomic E-state index is 0.0446. The second-order valence-electron chi connectivity index (χ2n) is 6.27. The Morgan fingerprint density at radius 2 is 1.73 bits per heavy atom. The Kier molecular flexibility index (Phi) is 6.01. The van der Waals surface area contributed by atoms with Gasteiger partial charge in [-0.05, 0) is 55.7 Å². The predicted octanol–water partition coefficient (Wildman–Crippen LogP) is 2.81. The summed E-state index contributed by atoms with van der Waals surface area (Å²) < 4.78 is 27.0. The summed E-state index contributed by atoms with van der Waals surface area (Å²) in [6, 6.07) is 7.30. The lowest BCUT2D eigenvalue weighted by Crippen LogP contribution is -2.39. The van der Waals surface area contributed by atoms with Crippen molar-refractivity contribution in [3.63, 3.8) is 0 Å². The molecule has 1 aromatic rings. The van der Waals surface area contributed by atoms with Crippen LogP contribution in [-0.4, -0.2) is 37.5 Å². The van der Waals surface area contributed by atoms with Gasteiger partial charge in [0.25, 0.3) is 0 Å². The van der Waals surface area contributed by atoms with E-state index in [1.54, 1.807) is 19.2 Å². The van der Waals surface area contributed by atoms with Crippen molar-refractivity contribution in [2.45, 2.75) is 56.4 Å². The smallest absolute Gasteiger partial charge is 0.243 e. The lowest BCUT2D eigenvalue weighted by molar-refractivity contribution is 0.159. The van der Waals surface area contributed by atoms with E-state index >= 15 is 0 Å². The van der Waals surface area contributed by atoms with Crippen LogP contribution in [0.3, 0.4) is 0 Å². The molecule has 1 N–H and O–H groups in total. The van der Waals surface area contributed by atoms with Gasteiger partial charge in [0.2, 0.25) is 10.0 Å². The summed E-state index contributed by atoms with van der Waals surface area (Å²) in [4.78, 5) is 0.374. The fourth-order valence-corrected chi connectivity index (χ4v) is 4.59. The molecule has 0 spiro atoms. The molecule has 1 aromatic carbocycles. The Hall–Kier alpha value is -0.910. The summed E-state index contributed by atoms with van der Waals surface area (Å²) >= 11 is 0. The average molecular weight is 325 g/mol. The van der Waals surface area contributed by atoms with Crippen LogP contribution in [0.1, 0.15) is 44.6 Å². The van der Waals surface area contributed by atoms with Crippen molar-refractivity contribution in [2.24, 2.45) is 5.92 Å². The topological polar surface area (TPSA) is 57.6 Å². The highest BCUT2D eigenvalue weighted by Gasteiger charge is 2.31. The zero-order valence-electron chi connectivity index (χ0n) is 13.5. The van der Waals surface area contributed by atoms with Gasteiger partial charge in [-0.15, -0.1) is 0 Å². The monoisotopic (exact) mass is 325 g/mol. The van der Waals surface area contributed by atoms with E-state index < -0.39 is 10.0 Å². The fourth-order valence-electron chi connectivity index (χ4n) is 3.17. The lowest BCUT2D eigenvalue weighted by atomic mass is 9.87. The quantitative estimate of drug-likeness (QED) is 0.875. The van der Waals surface area contributed by atoms with Crippen molar-refractivity contribution < 1.29 is 13.5 Å². The van der Waals surface area contributed by atoms with Crippen molar-refractivity contribution in [3.8, 4) is 0 Å². The van der Waals surface area contributed by atoms with Gasteiger partial charge in [0.05, 0.1) is 4.90 Å². The summed E-state index contributed by atoms with van der Waals surface area (Å²) in [5.74, 6) is 0.334. The normalized spacial score (nSPS) is 22.9. The third-order valence-electron chi connectivity index (χ3n) is 4.73. The Balaban J connectivity index is 2.08. The van der Waals surface area contributed by atoms with Crippen molar-refractivity contribution in [2.75, 3.05) is 13.7 Å². The van der Waals surface area contributed by atoms with Crippen molar-refractivity contribution in [3.05, 3.63) is 29.8 Å². The fraction of sp³-hybridized carbons (Fsp3) is 0.647. The first-order chi connectivity index (χ1) is 10.5. The van der Waals surface area contributed by atoms with Gasteiger partial charge < -0.3 is 5.11 Å². The highest BCUT2D eigenvalue weighted by atomic mass is 32.2. The van der Waals surface area contributed by atoms with Crippen LogP contribution in [0.4, 0.5) is 0 Å². The molecular formula is C17H27NO3S. The first-order valence-electron chi connectivity index (χ1n) is 8.16. The molecule has 2 rings (SSSR count). The van der Waals surface area contributed by atoms with Crippen molar-refractivity contribution in [1.82, 2.24) is 4.31 Å². The number of aliphatic hydroxyl groups is 1. The Morgan fingerprint density at radius 3 is 2.23 bits per heavy atom. The molecule has 1 saturated carbocycles. The van der Waals surface area contributed by atoms with Gasteiger partial charge in [-0.2, -0.15) is 4.31 Å². The molecule has 0 radical (unpaired) electrons. The second-order valence-corrected chi connectivity index (χ2v) is 8.27. The molecule has 4 nitrogen and oxygen atoms in total. The first-order valence-corrected chi connectivity index (χ1v) is 9.61. The molecule has 5 heteroatoms. The third kappa shape index (κ3) is 3.89. The van der Waals surface area contributed by atoms with E-state index in [4.69, 9.17) is 0 Å². The van der Waals surface area contributed by atoms with Crippen LogP contribution in [0, 0.1) is 5.92 Å². The molecule has 124 valence electrons. The minimum Gasteiger partial charge on any atom is -0.396 e. The molecule has 0 aromatic heterocycles. The number of sulfonamides is 1. The van der Waals surface area contributed by atoms with Crippen molar-refractivity contribution in [1.29, 1.82) is 0 Å². The number of nitrogens with zero attached hydrogens (tertiary/aromatic N) is 1. The van der Waals surface area contributed by atoms with Crippen LogP contribution < -0.4 is 0 Å². The molecule has 1 aliphatic rings. The maximum atomic E-state index is 12.7. The highest BCUT2D eigenvalue weighted by molar-refractivity contribution is 7.89. The SMILES string of the molecule is CCCc1ccc(S(=O)(=O)N(C)C2CCC(CO)CC2)cc1. The van der Waals surface area contributed by atoms with E-state index in [0.717, 1.165) is 38.5 Å². The van der Waals surface area contributed by atoms with E-state index in [1.165, 1.54) is 9.87 Å². The summed E-state index contributed by atoms with van der Waals surface area (Å²) in [5.41, 5.74) is 1.17. The maximum absolute atomic E-state index is 12.7. The Labute approximate surface area is 134 Å². The van der Waals surface area contributed by atoms with E-state index in [9.17, 15) is 13.5 Å². The first kappa shape index (κ1) is 17.4. The molecular weight excluding hydrogens is 298 g/mol. The third-order valence-corrected chi connectivity index (χ3v) is 6.65. The molecule has 0 saturated heterocycles. The van der Waals surface area contributed by atoms with Crippen LogP contribution in [-0.2, 0) is 16.4 Å². The summed E-state index contributed by atoms with van der Waals surface area (Å²) in [6.07, 6.45) is 5.48. The zero-order valence-corrected chi connectivity index (χ0v) is 14.3. The maximum Gasteiger partial charge on any atom is 0.243 e. The van der Waals surface area contributed by atoms with Crippen LogP contribution in [0.2, 0.25) is 0 Å². The van der Waals surface area contributed by atoms with Crippen LogP contribution >= 0.6 is 0 Å². The Bertz CT molecular complexity index is 560. The van der Waals surface area contributed by atoms with Gasteiger partial charge in [0.1, 0.15) is 0 Å². The molecule has 22 heavy (non-hydrogen) atoms. The molecule has 0 atom stereocenters. The van der Waals surface area contributed by atoms with E-state index in [2.05, 4.69) is 6.92 Å². The number of aliphatic hydroxyl groups excluding tert-OH is 1. The summed E-state index contributed by atoms with van der Waals surface area (Å²) in [7, 11) is -1.74. The number of benzene rings is 1. The number of hydrogen-bond acceptors (Lipinski definition) is 3. The molecule has 0 amide bonds. The summed E-state index contributed by atoms with van der Waals surface area (Å²) in [5, 5.41) is 9.19. The highest BCUT2D eigenvalue weighted by Crippen LogP contribution is 2.29. The van der Waals surface area contributed by atoms with Crippen LogP contribution in [0.15, 0.2) is 29.2 Å². The molecule has 0 bridgehead atoms. The number of hydrogen-bond donors (Lipinski definition) is 1. The van der Waals surface area contributed by atoms with Crippen LogP contribution in [0.25, 0.3) is 0 Å². The van der Waals surface area contributed by atoms with Crippen LogP contribution in [0.5, 0.6) is 0 Å². The van der Waals surface area contributed by atoms with E-state index in [0.29, 0.717) is 10.8 Å². The summed E-state index contributed by atoms with van der Waals surface area (Å²) in [6.45, 7) is 2.32. The molecule has 0 unspecified atom stereocenters. The predicted molar refractivity (Wildman–Crippen MR) is 88.2 cm³/mol. The van der Waals surface area contributed by atoms with Gasteiger partial charge in [-0.3, -0.25) is 0 Å². The second kappa shape index (κ2) is 7.57. The molecule has 0 heterocycles. The lowest BCUT2D eigenvalue weighted by Gasteiger charge is -2.33. The minimum atomic E-state index is -3.42. The molecule has 1 fully saturated rings. The standard InChI is InChI=1S/C17H27NO3S/c1-3-4-14-7-11-17(12-8-14)22(20,21)18(2)16-9-5-15(13-19)6-10-16/h7-8,11-12,15-16,19H,3-6,9-10,13H2,1-2H3. The van der Waals surface area contributed by atoms with Gasteiger partial charge >= 0.3 is 0 Å². The van der Waals surface area contributed by atoms with Gasteiger partial charge in [0, 0.05) is 19.7 Å². The zero-order chi connectivity index (χ0) is 16.2. The van der Waals surface area contributed by atoms with Crippen molar-refractivity contribution >= 4 is 10.0 Å². The average Bonchev–Trinajstić information content (AvgIpc) is 2.55. The van der Waals surface area contributed by atoms with Gasteiger partial charge in [0.15, 0.2) is 0 Å². The Morgan fingerprint density at radius 1 is 1.14 bits per heavy atom.